The van der Waals surface area contributed by atoms with Gasteiger partial charge >= 0.3 is 5.97 Å². The number of likely N-dealkylation sites (tertiary alicyclic amines) is 1. The lowest BCUT2D eigenvalue weighted by atomic mass is 9.63. The summed E-state index contributed by atoms with van der Waals surface area (Å²) in [5.74, 6) is 0.108. The maximum atomic E-state index is 13.7. The monoisotopic (exact) mass is 441 g/mol. The first kappa shape index (κ1) is 20.4. The van der Waals surface area contributed by atoms with Crippen LogP contribution in [0.2, 0.25) is 0 Å². The summed E-state index contributed by atoms with van der Waals surface area (Å²) in [5, 5.41) is 0. The van der Waals surface area contributed by atoms with Crippen LogP contribution in [0.3, 0.4) is 0 Å². The average molecular weight is 442 g/mol. The maximum Gasteiger partial charge on any atom is 0.335 e. The molecule has 168 valence electrons. The van der Waals surface area contributed by atoms with Gasteiger partial charge in [0.05, 0.1) is 11.8 Å². The molecule has 2 bridgehead atoms. The quantitative estimate of drug-likeness (QED) is 0.306. The van der Waals surface area contributed by atoms with E-state index >= 15 is 0 Å². The van der Waals surface area contributed by atoms with Gasteiger partial charge in [-0.3, -0.25) is 14.5 Å². The highest BCUT2D eigenvalue weighted by atomic mass is 16.5. The van der Waals surface area contributed by atoms with Gasteiger partial charge in [-0.1, -0.05) is 48.6 Å². The molecule has 2 aromatic carbocycles. The number of esters is 1. The van der Waals surface area contributed by atoms with Gasteiger partial charge in [0.15, 0.2) is 0 Å². The standard InChI is InChI=1S/C28H27NO4/c1-15-10-16(2)12-18(11-15)33-28(32)23(13-17-6-4-3-5-7-17)29-26(30)24-19-8-9-20(22-14-21(19)22)25(24)27(29)31/h3-12,19-25H,13-14H2,1-2H3/t19-,20-,21-,22-,23+,24-,25+/m1/s1. The van der Waals surface area contributed by atoms with Crippen molar-refractivity contribution >= 4 is 17.8 Å². The molecule has 0 N–H and O–H groups in total. The summed E-state index contributed by atoms with van der Waals surface area (Å²) in [4.78, 5) is 42.1. The fourth-order valence-corrected chi connectivity index (χ4v) is 6.58. The molecule has 33 heavy (non-hydrogen) atoms. The predicted molar refractivity (Wildman–Crippen MR) is 122 cm³/mol. The Morgan fingerprint density at radius 3 is 2.09 bits per heavy atom. The second-order valence-corrected chi connectivity index (χ2v) is 10.2. The van der Waals surface area contributed by atoms with Crippen molar-refractivity contribution in [2.75, 3.05) is 0 Å². The van der Waals surface area contributed by atoms with Crippen LogP contribution >= 0.6 is 0 Å². The smallest absolute Gasteiger partial charge is 0.335 e. The average Bonchev–Trinajstić information content (AvgIpc) is 3.56. The third-order valence-corrected chi connectivity index (χ3v) is 7.97. The minimum atomic E-state index is -0.977. The van der Waals surface area contributed by atoms with E-state index in [1.807, 2.05) is 50.2 Å². The third kappa shape index (κ3) is 3.25. The number of nitrogens with zero attached hydrogens (tertiary/aromatic N) is 1. The van der Waals surface area contributed by atoms with Crippen LogP contribution in [-0.4, -0.2) is 28.7 Å². The molecule has 5 heteroatoms. The van der Waals surface area contributed by atoms with Crippen LogP contribution in [0.4, 0.5) is 0 Å². The topological polar surface area (TPSA) is 63.7 Å². The van der Waals surface area contributed by atoms with Crippen LogP contribution in [-0.2, 0) is 20.8 Å². The summed E-state index contributed by atoms with van der Waals surface area (Å²) in [6, 6.07) is 14.2. The van der Waals surface area contributed by atoms with E-state index in [0.717, 1.165) is 23.1 Å². The first-order valence-corrected chi connectivity index (χ1v) is 11.8. The molecule has 0 aromatic heterocycles. The minimum Gasteiger partial charge on any atom is -0.425 e. The van der Waals surface area contributed by atoms with Gasteiger partial charge in [0.1, 0.15) is 11.8 Å². The Balaban J connectivity index is 1.34. The first-order chi connectivity index (χ1) is 15.9. The number of rotatable bonds is 5. The fourth-order valence-electron chi connectivity index (χ4n) is 6.58. The highest BCUT2D eigenvalue weighted by Gasteiger charge is 2.68. The van der Waals surface area contributed by atoms with E-state index in [1.54, 1.807) is 12.1 Å². The van der Waals surface area contributed by atoms with Gasteiger partial charge < -0.3 is 4.74 Å². The lowest BCUT2D eigenvalue weighted by Crippen LogP contribution is -2.48. The summed E-state index contributed by atoms with van der Waals surface area (Å²) in [7, 11) is 0. The molecule has 1 saturated heterocycles. The summed E-state index contributed by atoms with van der Waals surface area (Å²) in [6.45, 7) is 3.89. The molecule has 0 spiro atoms. The Morgan fingerprint density at radius 1 is 0.939 bits per heavy atom. The number of ether oxygens (including phenoxy) is 1. The van der Waals surface area contributed by atoms with Crippen LogP contribution in [0.5, 0.6) is 5.75 Å². The molecular formula is C28H27NO4. The summed E-state index contributed by atoms with van der Waals surface area (Å²) >= 11 is 0. The molecule has 4 aliphatic carbocycles. The van der Waals surface area contributed by atoms with E-state index in [0.29, 0.717) is 17.6 Å². The Kier molecular flexibility index (Phi) is 4.58. The lowest BCUT2D eigenvalue weighted by molar-refractivity contribution is -0.153. The molecule has 1 heterocycles. The minimum absolute atomic E-state index is 0.124. The number of hydrogen-bond donors (Lipinski definition) is 0. The molecule has 3 fully saturated rings. The van der Waals surface area contributed by atoms with E-state index in [9.17, 15) is 14.4 Å². The Labute approximate surface area is 193 Å². The number of hydrogen-bond acceptors (Lipinski definition) is 4. The van der Waals surface area contributed by atoms with Crippen molar-refractivity contribution in [3.05, 3.63) is 77.4 Å². The van der Waals surface area contributed by atoms with Crippen LogP contribution in [0.25, 0.3) is 0 Å². The number of allylic oxidation sites excluding steroid dienone is 2. The van der Waals surface area contributed by atoms with Crippen LogP contribution in [0, 0.1) is 49.4 Å². The van der Waals surface area contributed by atoms with Crippen molar-refractivity contribution in [2.24, 2.45) is 35.5 Å². The number of imide groups is 1. The zero-order valence-corrected chi connectivity index (χ0v) is 18.8. The normalized spacial score (nSPS) is 31.9. The number of carbonyl (C=O) groups is 3. The predicted octanol–water partition coefficient (Wildman–Crippen LogP) is 3.87. The van der Waals surface area contributed by atoms with Crippen molar-refractivity contribution in [1.82, 2.24) is 4.90 Å². The molecule has 0 unspecified atom stereocenters. The zero-order valence-electron chi connectivity index (χ0n) is 18.8. The molecule has 2 amide bonds. The number of carbonyl (C=O) groups excluding carboxylic acids is 3. The van der Waals surface area contributed by atoms with E-state index in [1.165, 1.54) is 4.90 Å². The number of aryl methyl sites for hydroxylation is 2. The maximum absolute atomic E-state index is 13.7. The van der Waals surface area contributed by atoms with Crippen molar-refractivity contribution in [3.63, 3.8) is 0 Å². The van der Waals surface area contributed by atoms with Gasteiger partial charge in [0, 0.05) is 6.42 Å². The van der Waals surface area contributed by atoms with Crippen molar-refractivity contribution in [2.45, 2.75) is 32.7 Å². The van der Waals surface area contributed by atoms with Crippen molar-refractivity contribution in [3.8, 4) is 5.75 Å². The van der Waals surface area contributed by atoms with Crippen LogP contribution < -0.4 is 4.74 Å². The molecule has 5 aliphatic rings. The molecule has 2 saturated carbocycles. The van der Waals surface area contributed by atoms with Crippen LogP contribution in [0.1, 0.15) is 23.1 Å². The van der Waals surface area contributed by atoms with Gasteiger partial charge in [0.2, 0.25) is 11.8 Å². The van der Waals surface area contributed by atoms with Gasteiger partial charge in [-0.15, -0.1) is 0 Å². The number of amides is 2. The second-order valence-electron chi connectivity index (χ2n) is 10.2. The lowest BCUT2D eigenvalue weighted by Gasteiger charge is -2.37. The SMILES string of the molecule is Cc1cc(C)cc(OC(=O)[C@H](Cc2ccccc2)N2C(=O)[C@@H]3[C@@H]4C=C[C@H]([C@H]5C[C@H]45)[C@@H]3C2=O)c1. The largest absolute Gasteiger partial charge is 0.425 e. The van der Waals surface area contributed by atoms with E-state index in [-0.39, 0.29) is 41.9 Å². The van der Waals surface area contributed by atoms with E-state index in [4.69, 9.17) is 4.74 Å². The molecule has 2 aromatic rings. The second kappa shape index (κ2) is 7.41. The highest BCUT2D eigenvalue weighted by molar-refractivity contribution is 6.09. The van der Waals surface area contributed by atoms with Crippen LogP contribution in [0.15, 0.2) is 60.7 Å². The fraction of sp³-hybridized carbons (Fsp3) is 0.393. The van der Waals surface area contributed by atoms with Gasteiger partial charge in [-0.2, -0.15) is 0 Å². The van der Waals surface area contributed by atoms with Gasteiger partial charge in [0.25, 0.3) is 0 Å². The molecule has 5 nitrogen and oxygen atoms in total. The van der Waals surface area contributed by atoms with E-state index in [2.05, 4.69) is 12.2 Å². The Bertz CT molecular complexity index is 1130. The molecule has 7 atom stereocenters. The van der Waals surface area contributed by atoms with Gasteiger partial charge in [-0.25, -0.2) is 4.79 Å². The number of benzene rings is 2. The van der Waals surface area contributed by atoms with E-state index < -0.39 is 12.0 Å². The molecule has 7 rings (SSSR count). The highest BCUT2D eigenvalue weighted by Crippen LogP contribution is 2.65. The summed E-state index contributed by atoms with van der Waals surface area (Å²) < 4.78 is 5.77. The summed E-state index contributed by atoms with van der Waals surface area (Å²) in [6.07, 6.45) is 5.65. The first-order valence-electron chi connectivity index (χ1n) is 11.8. The molecular weight excluding hydrogens is 414 g/mol. The zero-order chi connectivity index (χ0) is 22.9. The molecule has 0 radical (unpaired) electrons. The Morgan fingerprint density at radius 2 is 1.52 bits per heavy atom. The van der Waals surface area contributed by atoms with Crippen molar-refractivity contribution < 1.29 is 19.1 Å². The Hall–Kier alpha value is -3.21. The third-order valence-electron chi connectivity index (χ3n) is 7.97. The van der Waals surface area contributed by atoms with Gasteiger partial charge in [-0.05, 0) is 72.8 Å². The summed E-state index contributed by atoms with van der Waals surface area (Å²) in [5.41, 5.74) is 2.86. The van der Waals surface area contributed by atoms with Crippen molar-refractivity contribution in [1.29, 1.82) is 0 Å². The molecule has 1 aliphatic heterocycles.